The van der Waals surface area contributed by atoms with Crippen LogP contribution in [0.4, 0.5) is 0 Å². The van der Waals surface area contributed by atoms with Gasteiger partial charge in [0, 0.05) is 28.3 Å². The second kappa shape index (κ2) is 10.5. The Hall–Kier alpha value is -3.33. The van der Waals surface area contributed by atoms with E-state index >= 15 is 0 Å². The molecule has 33 heavy (non-hydrogen) atoms. The van der Waals surface area contributed by atoms with E-state index in [9.17, 15) is 14.4 Å². The van der Waals surface area contributed by atoms with Gasteiger partial charge in [-0.05, 0) is 32.4 Å². The molecule has 0 bridgehead atoms. The van der Waals surface area contributed by atoms with Gasteiger partial charge in [-0.3, -0.25) is 14.6 Å². The van der Waals surface area contributed by atoms with Gasteiger partial charge in [0.15, 0.2) is 0 Å². The number of carbonyl (C=O) groups is 3. The Labute approximate surface area is 196 Å². The summed E-state index contributed by atoms with van der Waals surface area (Å²) in [4.78, 5) is 46.1. The van der Waals surface area contributed by atoms with Crippen molar-refractivity contribution in [2.24, 2.45) is 10.9 Å². The van der Waals surface area contributed by atoms with Crippen LogP contribution < -0.4 is 0 Å². The number of methoxy groups -OCH3 is 2. The van der Waals surface area contributed by atoms with Gasteiger partial charge in [-0.2, -0.15) is 0 Å². The van der Waals surface area contributed by atoms with E-state index in [-0.39, 0.29) is 12.4 Å². The molecule has 2 heterocycles. The molecule has 0 saturated heterocycles. The minimum absolute atomic E-state index is 0.0984. The molecule has 2 unspecified atom stereocenters. The number of rotatable bonds is 7. The van der Waals surface area contributed by atoms with Crippen molar-refractivity contribution in [3.05, 3.63) is 52.2 Å². The van der Waals surface area contributed by atoms with Crippen LogP contribution in [0, 0.1) is 5.92 Å². The van der Waals surface area contributed by atoms with Gasteiger partial charge in [-0.15, -0.1) is 11.3 Å². The van der Waals surface area contributed by atoms with Crippen LogP contribution in [0.1, 0.15) is 37.9 Å². The fourth-order valence-corrected chi connectivity index (χ4v) is 4.77. The van der Waals surface area contributed by atoms with E-state index in [1.54, 1.807) is 20.8 Å². The van der Waals surface area contributed by atoms with E-state index in [2.05, 4.69) is 9.98 Å². The van der Waals surface area contributed by atoms with Crippen molar-refractivity contribution in [1.29, 1.82) is 0 Å². The minimum Gasteiger partial charge on any atom is -0.468 e. The van der Waals surface area contributed by atoms with Crippen LogP contribution in [-0.4, -0.2) is 49.4 Å². The quantitative estimate of drug-likeness (QED) is 0.449. The highest BCUT2D eigenvalue weighted by Crippen LogP contribution is 2.41. The number of carbonyl (C=O) groups excluding carboxylic acids is 3. The molecule has 8 nitrogen and oxygen atoms in total. The van der Waals surface area contributed by atoms with E-state index in [1.807, 2.05) is 29.6 Å². The van der Waals surface area contributed by atoms with Crippen LogP contribution >= 0.6 is 11.3 Å². The number of esters is 3. The van der Waals surface area contributed by atoms with Crippen molar-refractivity contribution in [1.82, 2.24) is 4.98 Å². The van der Waals surface area contributed by atoms with Gasteiger partial charge >= 0.3 is 17.9 Å². The largest absolute Gasteiger partial charge is 0.468 e. The molecule has 0 fully saturated rings. The molecular formula is C24H26N2O6S. The number of hydrogen-bond donors (Lipinski definition) is 0. The second-order valence-electron chi connectivity index (χ2n) is 7.47. The molecule has 1 aliphatic rings. The predicted octanol–water partition coefficient (Wildman–Crippen LogP) is 3.71. The molecule has 0 spiro atoms. The maximum Gasteiger partial charge on any atom is 0.336 e. The van der Waals surface area contributed by atoms with Crippen LogP contribution in [0.15, 0.2) is 45.9 Å². The number of ether oxygens (including phenoxy) is 3. The Kier molecular flexibility index (Phi) is 7.75. The lowest BCUT2D eigenvalue weighted by Gasteiger charge is -2.31. The number of thiazole rings is 1. The van der Waals surface area contributed by atoms with E-state index in [1.165, 1.54) is 25.6 Å². The number of aliphatic imine (C=N–C) groups is 1. The SMILES string of the molecule is CCOC(=O)Cc1csc(-c2cccc(C3C(C(=O)OC)=C(C)N=C(C)C3C(=O)OC)c2)n1. The summed E-state index contributed by atoms with van der Waals surface area (Å²) in [6.45, 7) is 5.55. The molecule has 9 heteroatoms. The molecule has 1 aromatic heterocycles. The Morgan fingerprint density at radius 3 is 2.55 bits per heavy atom. The zero-order valence-corrected chi connectivity index (χ0v) is 20.0. The topological polar surface area (TPSA) is 104 Å². The average Bonchev–Trinajstić information content (AvgIpc) is 3.26. The van der Waals surface area contributed by atoms with Gasteiger partial charge < -0.3 is 14.2 Å². The summed E-state index contributed by atoms with van der Waals surface area (Å²) in [6, 6.07) is 7.48. The Morgan fingerprint density at radius 1 is 1.12 bits per heavy atom. The first-order valence-corrected chi connectivity index (χ1v) is 11.3. The molecular weight excluding hydrogens is 444 g/mol. The average molecular weight is 471 g/mol. The zero-order valence-electron chi connectivity index (χ0n) is 19.2. The minimum atomic E-state index is -0.765. The Bertz CT molecular complexity index is 1130. The van der Waals surface area contributed by atoms with Gasteiger partial charge in [0.1, 0.15) is 10.9 Å². The zero-order chi connectivity index (χ0) is 24.1. The molecule has 2 aromatic rings. The predicted molar refractivity (Wildman–Crippen MR) is 124 cm³/mol. The van der Waals surface area contributed by atoms with Crippen molar-refractivity contribution >= 4 is 35.0 Å². The summed E-state index contributed by atoms with van der Waals surface area (Å²) in [6.07, 6.45) is 0.0984. The lowest BCUT2D eigenvalue weighted by molar-refractivity contribution is -0.144. The lowest BCUT2D eigenvalue weighted by Crippen LogP contribution is -2.36. The maximum atomic E-state index is 12.7. The summed E-state index contributed by atoms with van der Waals surface area (Å²) < 4.78 is 15.0. The highest BCUT2D eigenvalue weighted by Gasteiger charge is 2.42. The van der Waals surface area contributed by atoms with Crippen LogP contribution in [0.3, 0.4) is 0 Å². The molecule has 0 N–H and O–H groups in total. The van der Waals surface area contributed by atoms with Gasteiger partial charge in [-0.1, -0.05) is 18.2 Å². The third-order valence-electron chi connectivity index (χ3n) is 5.36. The molecule has 0 aliphatic carbocycles. The molecule has 0 radical (unpaired) electrons. The Balaban J connectivity index is 2.04. The van der Waals surface area contributed by atoms with Crippen LogP contribution in [0.2, 0.25) is 0 Å². The van der Waals surface area contributed by atoms with Crippen LogP contribution in [0.25, 0.3) is 10.6 Å². The van der Waals surface area contributed by atoms with E-state index in [0.29, 0.717) is 34.3 Å². The summed E-state index contributed by atoms with van der Waals surface area (Å²) in [5.74, 6) is -2.74. The first-order chi connectivity index (χ1) is 15.8. The van der Waals surface area contributed by atoms with Gasteiger partial charge in [0.2, 0.25) is 0 Å². The molecule has 0 saturated carbocycles. The molecule has 3 rings (SSSR count). The van der Waals surface area contributed by atoms with E-state index in [4.69, 9.17) is 14.2 Å². The van der Waals surface area contributed by atoms with Gasteiger partial charge in [-0.25, -0.2) is 9.78 Å². The van der Waals surface area contributed by atoms with Crippen molar-refractivity contribution in [2.45, 2.75) is 33.1 Å². The van der Waals surface area contributed by atoms with Gasteiger partial charge in [0.25, 0.3) is 0 Å². The first kappa shape index (κ1) is 24.3. The molecule has 174 valence electrons. The maximum absolute atomic E-state index is 12.7. The number of allylic oxidation sites excluding steroid dienone is 1. The first-order valence-electron chi connectivity index (χ1n) is 10.4. The number of benzene rings is 1. The number of aromatic nitrogens is 1. The fraction of sp³-hybridized carbons (Fsp3) is 0.375. The van der Waals surface area contributed by atoms with Crippen molar-refractivity contribution in [3.8, 4) is 10.6 Å². The van der Waals surface area contributed by atoms with Crippen molar-refractivity contribution < 1.29 is 28.6 Å². The third-order valence-corrected chi connectivity index (χ3v) is 6.30. The molecule has 2 atom stereocenters. The summed E-state index contributed by atoms with van der Waals surface area (Å²) in [5, 5.41) is 2.53. The highest BCUT2D eigenvalue weighted by atomic mass is 32.1. The summed E-state index contributed by atoms with van der Waals surface area (Å²) in [7, 11) is 2.61. The smallest absolute Gasteiger partial charge is 0.336 e. The highest BCUT2D eigenvalue weighted by molar-refractivity contribution is 7.13. The monoisotopic (exact) mass is 470 g/mol. The lowest BCUT2D eigenvalue weighted by atomic mass is 9.75. The molecule has 1 aliphatic heterocycles. The molecule has 0 amide bonds. The summed E-state index contributed by atoms with van der Waals surface area (Å²) >= 11 is 1.40. The fourth-order valence-electron chi connectivity index (χ4n) is 3.95. The van der Waals surface area contributed by atoms with E-state index in [0.717, 1.165) is 11.1 Å². The van der Waals surface area contributed by atoms with Crippen molar-refractivity contribution in [3.63, 3.8) is 0 Å². The number of hydrogen-bond acceptors (Lipinski definition) is 9. The van der Waals surface area contributed by atoms with E-state index < -0.39 is 23.8 Å². The summed E-state index contributed by atoms with van der Waals surface area (Å²) in [5.41, 5.74) is 3.54. The van der Waals surface area contributed by atoms with Crippen LogP contribution in [0.5, 0.6) is 0 Å². The number of nitrogens with zero attached hydrogens (tertiary/aromatic N) is 2. The van der Waals surface area contributed by atoms with Crippen LogP contribution in [-0.2, 0) is 35.0 Å². The van der Waals surface area contributed by atoms with Crippen molar-refractivity contribution in [2.75, 3.05) is 20.8 Å². The normalized spacial score (nSPS) is 17.9. The standard InChI is InChI=1S/C24H26N2O6S/c1-6-32-18(27)11-17-12-33-22(26-17)16-9-7-8-15(10-16)21-19(23(28)30-4)13(2)25-14(3)20(21)24(29)31-5/h7-10,12,19,21H,6,11H2,1-5H3. The van der Waals surface area contributed by atoms with Gasteiger partial charge in [0.05, 0.1) is 38.5 Å². The second-order valence-corrected chi connectivity index (χ2v) is 8.33. The molecule has 1 aromatic carbocycles. The third kappa shape index (κ3) is 5.19. The Morgan fingerprint density at radius 2 is 1.88 bits per heavy atom.